The molecule has 2 aliphatic rings. The molecule has 0 aromatic heterocycles. The summed E-state index contributed by atoms with van der Waals surface area (Å²) in [7, 11) is 1.84. The van der Waals surface area contributed by atoms with E-state index in [-0.39, 0.29) is 6.79 Å². The van der Waals surface area contributed by atoms with Gasteiger partial charge in [0.1, 0.15) is 6.61 Å². The first-order valence-corrected chi connectivity index (χ1v) is 7.27. The van der Waals surface area contributed by atoms with Crippen molar-refractivity contribution < 1.29 is 14.3 Å². The molecular formula is C17H15N3O3. The molecule has 0 N–H and O–H groups in total. The minimum Gasteiger partial charge on any atom is -0.454 e. The van der Waals surface area contributed by atoms with E-state index in [0.717, 1.165) is 28.2 Å². The molecule has 2 aromatic rings. The Bertz CT molecular complexity index is 801. The topological polar surface area (TPSA) is 55.7 Å². The van der Waals surface area contributed by atoms with Crippen molar-refractivity contribution in [2.24, 2.45) is 10.3 Å². The van der Waals surface area contributed by atoms with Gasteiger partial charge in [-0.25, -0.2) is 5.01 Å². The number of oxime groups is 1. The van der Waals surface area contributed by atoms with Crippen LogP contribution in [-0.4, -0.2) is 30.9 Å². The van der Waals surface area contributed by atoms with Crippen LogP contribution in [0, 0.1) is 0 Å². The lowest BCUT2D eigenvalue weighted by atomic mass is 10.1. The minimum absolute atomic E-state index is 0.265. The largest absolute Gasteiger partial charge is 0.454 e. The van der Waals surface area contributed by atoms with E-state index in [1.165, 1.54) is 0 Å². The summed E-state index contributed by atoms with van der Waals surface area (Å²) in [4.78, 5) is 5.28. The van der Waals surface area contributed by atoms with Crippen molar-refractivity contribution in [2.45, 2.75) is 6.61 Å². The van der Waals surface area contributed by atoms with Crippen LogP contribution in [0.4, 0.5) is 0 Å². The van der Waals surface area contributed by atoms with E-state index < -0.39 is 0 Å². The third-order valence-electron chi connectivity index (χ3n) is 3.71. The predicted molar refractivity (Wildman–Crippen MR) is 85.7 cm³/mol. The van der Waals surface area contributed by atoms with Gasteiger partial charge in [0.2, 0.25) is 6.79 Å². The molecule has 0 atom stereocenters. The number of hydrogen-bond acceptors (Lipinski definition) is 6. The molecule has 2 aliphatic heterocycles. The van der Waals surface area contributed by atoms with Crippen LogP contribution < -0.4 is 9.47 Å². The third-order valence-corrected chi connectivity index (χ3v) is 3.71. The molecule has 0 unspecified atom stereocenters. The zero-order chi connectivity index (χ0) is 15.6. The number of fused-ring (bicyclic) bond motifs is 2. The average molecular weight is 309 g/mol. The zero-order valence-electron chi connectivity index (χ0n) is 12.6. The first kappa shape index (κ1) is 13.6. The number of rotatable bonds is 2. The Hall–Kier alpha value is -3.02. The van der Waals surface area contributed by atoms with Crippen LogP contribution in [-0.2, 0) is 11.4 Å². The fraction of sp³-hybridized carbons (Fsp3) is 0.176. The van der Waals surface area contributed by atoms with E-state index in [1.54, 1.807) is 11.2 Å². The molecule has 0 amide bonds. The molecule has 6 heteroatoms. The van der Waals surface area contributed by atoms with E-state index in [4.69, 9.17) is 14.3 Å². The van der Waals surface area contributed by atoms with Crippen molar-refractivity contribution >= 4 is 12.1 Å². The van der Waals surface area contributed by atoms with E-state index in [0.29, 0.717) is 12.4 Å². The predicted octanol–water partition coefficient (Wildman–Crippen LogP) is 2.57. The summed E-state index contributed by atoms with van der Waals surface area (Å²) in [6.45, 7) is 0.750. The van der Waals surface area contributed by atoms with Gasteiger partial charge in [0.25, 0.3) is 0 Å². The van der Waals surface area contributed by atoms with Crippen molar-refractivity contribution in [3.05, 3.63) is 59.2 Å². The van der Waals surface area contributed by atoms with Crippen LogP contribution >= 0.6 is 0 Å². The first-order chi connectivity index (χ1) is 11.3. The molecule has 2 heterocycles. The van der Waals surface area contributed by atoms with E-state index in [2.05, 4.69) is 10.3 Å². The van der Waals surface area contributed by atoms with Gasteiger partial charge in [0, 0.05) is 18.2 Å². The number of amidine groups is 1. The standard InChI is InChI=1S/C17H15N3O3/c1-20(17-14-5-3-2-4-13(14)10-23-19-17)18-9-12-6-7-15-16(8-12)22-11-21-15/h2-9H,10-11H2,1H3. The van der Waals surface area contributed by atoms with Gasteiger partial charge in [-0.2, -0.15) is 5.10 Å². The molecule has 0 spiro atoms. The summed E-state index contributed by atoms with van der Waals surface area (Å²) in [5.74, 6) is 2.18. The van der Waals surface area contributed by atoms with Crippen LogP contribution in [0.15, 0.2) is 52.7 Å². The van der Waals surface area contributed by atoms with E-state index in [1.807, 2.05) is 49.5 Å². The van der Waals surface area contributed by atoms with Crippen molar-refractivity contribution in [1.29, 1.82) is 0 Å². The summed E-state index contributed by atoms with van der Waals surface area (Å²) in [5, 5.41) is 10.3. The average Bonchev–Trinajstić information content (AvgIpc) is 3.07. The second-order valence-corrected chi connectivity index (χ2v) is 5.23. The second kappa shape index (κ2) is 5.64. The number of benzene rings is 2. The highest BCUT2D eigenvalue weighted by Crippen LogP contribution is 2.32. The number of nitrogens with zero attached hydrogens (tertiary/aromatic N) is 3. The van der Waals surface area contributed by atoms with E-state index in [9.17, 15) is 0 Å². The Kier molecular flexibility index (Phi) is 3.34. The highest BCUT2D eigenvalue weighted by molar-refractivity contribution is 6.00. The molecule has 2 aromatic carbocycles. The first-order valence-electron chi connectivity index (χ1n) is 7.27. The zero-order valence-corrected chi connectivity index (χ0v) is 12.6. The molecule has 4 rings (SSSR count). The summed E-state index contributed by atoms with van der Waals surface area (Å²) < 4.78 is 10.7. The van der Waals surface area contributed by atoms with E-state index >= 15 is 0 Å². The van der Waals surface area contributed by atoms with Crippen molar-refractivity contribution in [1.82, 2.24) is 5.01 Å². The van der Waals surface area contributed by atoms with Crippen molar-refractivity contribution in [2.75, 3.05) is 13.8 Å². The number of hydrogen-bond donors (Lipinski definition) is 0. The third kappa shape index (κ3) is 2.59. The number of hydrazone groups is 1. The summed E-state index contributed by atoms with van der Waals surface area (Å²) in [6, 6.07) is 13.7. The van der Waals surface area contributed by atoms with Crippen LogP contribution in [0.1, 0.15) is 16.7 Å². The van der Waals surface area contributed by atoms with Gasteiger partial charge in [0.05, 0.1) is 6.21 Å². The molecule has 6 nitrogen and oxygen atoms in total. The highest BCUT2D eigenvalue weighted by Gasteiger charge is 2.18. The number of ether oxygens (including phenoxy) is 2. The highest BCUT2D eigenvalue weighted by atomic mass is 16.7. The monoisotopic (exact) mass is 309 g/mol. The molecule has 116 valence electrons. The second-order valence-electron chi connectivity index (χ2n) is 5.23. The molecule has 0 radical (unpaired) electrons. The van der Waals surface area contributed by atoms with Gasteiger partial charge in [-0.05, 0) is 23.8 Å². The van der Waals surface area contributed by atoms with Gasteiger partial charge in [-0.1, -0.05) is 29.4 Å². The normalized spacial score (nSPS) is 15.1. The van der Waals surface area contributed by atoms with Crippen molar-refractivity contribution in [3.8, 4) is 11.5 Å². The Labute approximate surface area is 133 Å². The Morgan fingerprint density at radius 1 is 1.13 bits per heavy atom. The molecule has 0 bridgehead atoms. The van der Waals surface area contributed by atoms with Crippen LogP contribution in [0.5, 0.6) is 11.5 Å². The quantitative estimate of drug-likeness (QED) is 0.632. The van der Waals surface area contributed by atoms with Gasteiger partial charge in [-0.3, -0.25) is 0 Å². The summed E-state index contributed by atoms with van der Waals surface area (Å²) in [5.41, 5.74) is 3.05. The van der Waals surface area contributed by atoms with Gasteiger partial charge in [-0.15, -0.1) is 0 Å². The molecule has 23 heavy (non-hydrogen) atoms. The SMILES string of the molecule is CN(N=Cc1ccc2c(c1)OCO2)C1=NOCc2ccccc21. The lowest BCUT2D eigenvalue weighted by Crippen LogP contribution is -2.26. The maximum Gasteiger partial charge on any atom is 0.231 e. The lowest BCUT2D eigenvalue weighted by molar-refractivity contribution is 0.121. The maximum atomic E-state index is 5.37. The van der Waals surface area contributed by atoms with Crippen molar-refractivity contribution in [3.63, 3.8) is 0 Å². The Morgan fingerprint density at radius 2 is 2.00 bits per heavy atom. The fourth-order valence-electron chi connectivity index (χ4n) is 2.51. The molecule has 0 saturated heterocycles. The van der Waals surface area contributed by atoms with Crippen LogP contribution in [0.2, 0.25) is 0 Å². The Morgan fingerprint density at radius 3 is 2.96 bits per heavy atom. The van der Waals surface area contributed by atoms with Gasteiger partial charge >= 0.3 is 0 Å². The fourth-order valence-corrected chi connectivity index (χ4v) is 2.51. The smallest absolute Gasteiger partial charge is 0.231 e. The molecule has 0 fully saturated rings. The molecule has 0 aliphatic carbocycles. The van der Waals surface area contributed by atoms with Gasteiger partial charge < -0.3 is 14.3 Å². The summed E-state index contributed by atoms with van der Waals surface area (Å²) in [6.07, 6.45) is 1.75. The van der Waals surface area contributed by atoms with Crippen LogP contribution in [0.3, 0.4) is 0 Å². The minimum atomic E-state index is 0.265. The maximum absolute atomic E-state index is 5.37. The molecular weight excluding hydrogens is 294 g/mol. The summed E-state index contributed by atoms with van der Waals surface area (Å²) >= 11 is 0. The van der Waals surface area contributed by atoms with Crippen LogP contribution in [0.25, 0.3) is 0 Å². The Balaban J connectivity index is 1.56. The van der Waals surface area contributed by atoms with Gasteiger partial charge in [0.15, 0.2) is 17.3 Å². The molecule has 0 saturated carbocycles. The lowest BCUT2D eigenvalue weighted by Gasteiger charge is -2.21.